The Balaban J connectivity index is 2.31. The number of nitrogens with one attached hydrogen (secondary N) is 1. The van der Waals surface area contributed by atoms with Crippen molar-refractivity contribution in [2.75, 3.05) is 6.54 Å². The highest BCUT2D eigenvalue weighted by atomic mass is 35.5. The minimum atomic E-state index is 0.638. The molecule has 2 aromatic carbocycles. The summed E-state index contributed by atoms with van der Waals surface area (Å²) >= 11 is 6.26. The molecular weight excluding hydrogens is 258 g/mol. The van der Waals surface area contributed by atoms with E-state index in [1.54, 1.807) is 0 Å². The standard InChI is InChI=1S/C16H18ClNO/c1-3-18-11-13-8-6-9-14(17)16(13)19-15-10-5-4-7-12(15)2/h4-10,18H,3,11H2,1-2H3. The predicted octanol–water partition coefficient (Wildman–Crippen LogP) is 4.55. The fraction of sp³-hybridized carbons (Fsp3) is 0.250. The Morgan fingerprint density at radius 3 is 2.63 bits per heavy atom. The first-order valence-corrected chi connectivity index (χ1v) is 6.81. The first-order valence-electron chi connectivity index (χ1n) is 6.44. The number of para-hydroxylation sites is 2. The van der Waals surface area contributed by atoms with Gasteiger partial charge >= 0.3 is 0 Å². The summed E-state index contributed by atoms with van der Waals surface area (Å²) in [4.78, 5) is 0. The van der Waals surface area contributed by atoms with Gasteiger partial charge in [0.05, 0.1) is 5.02 Å². The Labute approximate surface area is 119 Å². The van der Waals surface area contributed by atoms with Gasteiger partial charge in [0.2, 0.25) is 0 Å². The molecule has 0 amide bonds. The second-order valence-electron chi connectivity index (χ2n) is 4.38. The third-order valence-corrected chi connectivity index (χ3v) is 3.22. The van der Waals surface area contributed by atoms with Crippen molar-refractivity contribution in [1.29, 1.82) is 0 Å². The maximum absolute atomic E-state index is 6.26. The van der Waals surface area contributed by atoms with Crippen LogP contribution in [0.15, 0.2) is 42.5 Å². The van der Waals surface area contributed by atoms with Crippen molar-refractivity contribution in [3.63, 3.8) is 0 Å². The van der Waals surface area contributed by atoms with E-state index in [1.807, 2.05) is 49.4 Å². The zero-order valence-corrected chi connectivity index (χ0v) is 12.0. The van der Waals surface area contributed by atoms with Crippen LogP contribution >= 0.6 is 11.6 Å². The molecule has 1 N–H and O–H groups in total. The van der Waals surface area contributed by atoms with E-state index in [2.05, 4.69) is 12.2 Å². The van der Waals surface area contributed by atoms with Crippen LogP contribution in [0.1, 0.15) is 18.1 Å². The van der Waals surface area contributed by atoms with Crippen LogP contribution in [0.25, 0.3) is 0 Å². The van der Waals surface area contributed by atoms with E-state index >= 15 is 0 Å². The Morgan fingerprint density at radius 1 is 1.11 bits per heavy atom. The van der Waals surface area contributed by atoms with Gasteiger partial charge in [-0.15, -0.1) is 0 Å². The van der Waals surface area contributed by atoms with Crippen LogP contribution in [-0.4, -0.2) is 6.54 Å². The van der Waals surface area contributed by atoms with E-state index in [9.17, 15) is 0 Å². The molecule has 2 nitrogen and oxygen atoms in total. The Kier molecular flexibility index (Phi) is 4.83. The van der Waals surface area contributed by atoms with E-state index < -0.39 is 0 Å². The molecule has 0 atom stereocenters. The van der Waals surface area contributed by atoms with Crippen LogP contribution in [-0.2, 0) is 6.54 Å². The summed E-state index contributed by atoms with van der Waals surface area (Å²) in [7, 11) is 0. The van der Waals surface area contributed by atoms with E-state index in [1.165, 1.54) is 0 Å². The molecule has 0 radical (unpaired) electrons. The monoisotopic (exact) mass is 275 g/mol. The van der Waals surface area contributed by atoms with E-state index in [0.717, 1.165) is 35.7 Å². The quantitative estimate of drug-likeness (QED) is 0.864. The van der Waals surface area contributed by atoms with Gasteiger partial charge in [-0.2, -0.15) is 0 Å². The van der Waals surface area contributed by atoms with Crippen molar-refractivity contribution >= 4 is 11.6 Å². The second kappa shape index (κ2) is 6.60. The molecule has 0 heterocycles. The van der Waals surface area contributed by atoms with Gasteiger partial charge in [0.15, 0.2) is 5.75 Å². The number of aryl methyl sites for hydroxylation is 1. The highest BCUT2D eigenvalue weighted by molar-refractivity contribution is 6.32. The van der Waals surface area contributed by atoms with Gasteiger partial charge < -0.3 is 10.1 Å². The summed E-state index contributed by atoms with van der Waals surface area (Å²) in [6.45, 7) is 5.76. The summed E-state index contributed by atoms with van der Waals surface area (Å²) in [6.07, 6.45) is 0. The predicted molar refractivity (Wildman–Crippen MR) is 80.1 cm³/mol. The number of rotatable bonds is 5. The third-order valence-electron chi connectivity index (χ3n) is 2.92. The molecule has 0 aliphatic rings. The Bertz CT molecular complexity index is 554. The molecular formula is C16H18ClNO. The lowest BCUT2D eigenvalue weighted by atomic mass is 10.2. The highest BCUT2D eigenvalue weighted by Gasteiger charge is 2.10. The maximum atomic E-state index is 6.26. The summed E-state index contributed by atoms with van der Waals surface area (Å²) in [5.74, 6) is 1.58. The summed E-state index contributed by atoms with van der Waals surface area (Å²) < 4.78 is 6.00. The number of ether oxygens (including phenoxy) is 1. The molecule has 0 aliphatic heterocycles. The number of benzene rings is 2. The van der Waals surface area contributed by atoms with E-state index in [-0.39, 0.29) is 0 Å². The topological polar surface area (TPSA) is 21.3 Å². The first kappa shape index (κ1) is 13.9. The van der Waals surface area contributed by atoms with Gasteiger partial charge in [-0.25, -0.2) is 0 Å². The zero-order valence-electron chi connectivity index (χ0n) is 11.2. The van der Waals surface area contributed by atoms with Crippen molar-refractivity contribution in [3.8, 4) is 11.5 Å². The van der Waals surface area contributed by atoms with Crippen molar-refractivity contribution in [2.24, 2.45) is 0 Å². The van der Waals surface area contributed by atoms with Crippen molar-refractivity contribution in [3.05, 3.63) is 58.6 Å². The van der Waals surface area contributed by atoms with Gasteiger partial charge in [0, 0.05) is 12.1 Å². The third kappa shape index (κ3) is 3.49. The molecule has 2 aromatic rings. The molecule has 0 unspecified atom stereocenters. The average molecular weight is 276 g/mol. The van der Waals surface area contributed by atoms with Crippen LogP contribution in [0.2, 0.25) is 5.02 Å². The van der Waals surface area contributed by atoms with Crippen LogP contribution in [0, 0.1) is 6.92 Å². The summed E-state index contributed by atoms with van der Waals surface area (Å²) in [5, 5.41) is 3.93. The summed E-state index contributed by atoms with van der Waals surface area (Å²) in [6, 6.07) is 13.8. The van der Waals surface area contributed by atoms with Crippen LogP contribution in [0.4, 0.5) is 0 Å². The maximum Gasteiger partial charge on any atom is 0.150 e. The fourth-order valence-electron chi connectivity index (χ4n) is 1.85. The van der Waals surface area contributed by atoms with Gasteiger partial charge in [-0.1, -0.05) is 48.9 Å². The lowest BCUT2D eigenvalue weighted by Crippen LogP contribution is -2.12. The van der Waals surface area contributed by atoms with Crippen LogP contribution in [0.5, 0.6) is 11.5 Å². The van der Waals surface area contributed by atoms with E-state index in [4.69, 9.17) is 16.3 Å². The van der Waals surface area contributed by atoms with Gasteiger partial charge in [-0.05, 0) is 31.2 Å². The molecule has 3 heteroatoms. The SMILES string of the molecule is CCNCc1cccc(Cl)c1Oc1ccccc1C. The Morgan fingerprint density at radius 2 is 1.89 bits per heavy atom. The van der Waals surface area contributed by atoms with Gasteiger partial charge in [-0.3, -0.25) is 0 Å². The van der Waals surface area contributed by atoms with Crippen molar-refractivity contribution < 1.29 is 4.74 Å². The minimum Gasteiger partial charge on any atom is -0.455 e. The molecule has 0 aromatic heterocycles. The minimum absolute atomic E-state index is 0.638. The molecule has 2 rings (SSSR count). The molecule has 0 fully saturated rings. The molecule has 0 saturated carbocycles. The Hall–Kier alpha value is -1.51. The lowest BCUT2D eigenvalue weighted by molar-refractivity contribution is 0.470. The lowest BCUT2D eigenvalue weighted by Gasteiger charge is -2.14. The smallest absolute Gasteiger partial charge is 0.150 e. The molecule has 0 spiro atoms. The normalized spacial score (nSPS) is 10.5. The molecule has 0 aliphatic carbocycles. The van der Waals surface area contributed by atoms with E-state index in [0.29, 0.717) is 5.02 Å². The van der Waals surface area contributed by atoms with Gasteiger partial charge in [0.25, 0.3) is 0 Å². The molecule has 0 bridgehead atoms. The van der Waals surface area contributed by atoms with Gasteiger partial charge in [0.1, 0.15) is 5.75 Å². The largest absolute Gasteiger partial charge is 0.455 e. The fourth-order valence-corrected chi connectivity index (χ4v) is 2.08. The molecule has 19 heavy (non-hydrogen) atoms. The van der Waals surface area contributed by atoms with Crippen molar-refractivity contribution in [2.45, 2.75) is 20.4 Å². The van der Waals surface area contributed by atoms with Crippen LogP contribution < -0.4 is 10.1 Å². The molecule has 0 saturated heterocycles. The van der Waals surface area contributed by atoms with Crippen molar-refractivity contribution in [1.82, 2.24) is 5.32 Å². The van der Waals surface area contributed by atoms with Crippen LogP contribution in [0.3, 0.4) is 0 Å². The first-order chi connectivity index (χ1) is 9.22. The average Bonchev–Trinajstić information content (AvgIpc) is 2.41. The summed E-state index contributed by atoms with van der Waals surface area (Å²) in [5.41, 5.74) is 2.16. The highest BCUT2D eigenvalue weighted by Crippen LogP contribution is 2.34. The zero-order chi connectivity index (χ0) is 13.7. The number of hydrogen-bond donors (Lipinski definition) is 1. The number of halogens is 1. The second-order valence-corrected chi connectivity index (χ2v) is 4.78. The molecule has 100 valence electrons. The number of hydrogen-bond acceptors (Lipinski definition) is 2.